The summed E-state index contributed by atoms with van der Waals surface area (Å²) in [7, 11) is 1.46. The third-order valence-corrected chi connectivity index (χ3v) is 4.84. The van der Waals surface area contributed by atoms with Gasteiger partial charge in [-0.25, -0.2) is 0 Å². The van der Waals surface area contributed by atoms with E-state index >= 15 is 0 Å². The molecule has 0 radical (unpaired) electrons. The molecule has 0 bridgehead atoms. The molecule has 0 fully saturated rings. The van der Waals surface area contributed by atoms with E-state index in [-0.39, 0.29) is 16.5 Å². The second-order valence-corrected chi connectivity index (χ2v) is 6.49. The molecule has 0 aliphatic heterocycles. The van der Waals surface area contributed by atoms with Gasteiger partial charge in [-0.1, -0.05) is 29.8 Å². The summed E-state index contributed by atoms with van der Waals surface area (Å²) in [5, 5.41) is 18.1. The normalized spacial score (nSPS) is 10.9. The summed E-state index contributed by atoms with van der Waals surface area (Å²) < 4.78 is 6.66. The van der Waals surface area contributed by atoms with Crippen molar-refractivity contribution in [3.05, 3.63) is 74.1 Å². The number of aromatic nitrogens is 2. The van der Waals surface area contributed by atoms with Crippen molar-refractivity contribution in [3.63, 3.8) is 0 Å². The average Bonchev–Trinajstić information content (AvgIpc) is 2.69. The maximum absolute atomic E-state index is 12.4. The van der Waals surface area contributed by atoms with Crippen LogP contribution in [0.2, 0.25) is 5.02 Å². The molecule has 0 amide bonds. The molecule has 0 saturated carbocycles. The van der Waals surface area contributed by atoms with Crippen LogP contribution in [0.15, 0.2) is 63.0 Å². The lowest BCUT2D eigenvalue weighted by molar-refractivity contribution is 0.372. The van der Waals surface area contributed by atoms with E-state index in [0.717, 1.165) is 0 Å². The van der Waals surface area contributed by atoms with Crippen LogP contribution >= 0.6 is 27.5 Å². The first-order chi connectivity index (χ1) is 13.0. The predicted molar refractivity (Wildman–Crippen MR) is 108 cm³/mol. The molecule has 1 aromatic heterocycles. The summed E-state index contributed by atoms with van der Waals surface area (Å²) in [4.78, 5) is 12.4. The molecule has 3 rings (SSSR count). The number of benzene rings is 2. The second-order valence-electron chi connectivity index (χ2n) is 5.31. The van der Waals surface area contributed by atoms with Gasteiger partial charge in [-0.2, -0.15) is 14.9 Å². The van der Waals surface area contributed by atoms with Crippen LogP contribution in [0.4, 0.5) is 5.69 Å². The molecule has 2 N–H and O–H groups in total. The highest BCUT2D eigenvalue weighted by Gasteiger charge is 2.11. The topological polar surface area (TPSA) is 88.7 Å². The van der Waals surface area contributed by atoms with Crippen LogP contribution in [0.3, 0.4) is 0 Å². The van der Waals surface area contributed by atoms with E-state index in [1.165, 1.54) is 24.2 Å². The first-order valence-electron chi connectivity index (χ1n) is 7.70. The Morgan fingerprint density at radius 1 is 1.30 bits per heavy atom. The number of nitrogens with zero attached hydrogens (tertiary/aromatic N) is 3. The van der Waals surface area contributed by atoms with Gasteiger partial charge in [-0.15, -0.1) is 0 Å². The fourth-order valence-corrected chi connectivity index (χ4v) is 2.86. The zero-order valence-corrected chi connectivity index (χ0v) is 16.4. The van der Waals surface area contributed by atoms with Crippen LogP contribution < -0.4 is 15.7 Å². The van der Waals surface area contributed by atoms with Crippen molar-refractivity contribution in [1.82, 2.24) is 9.78 Å². The molecule has 27 heavy (non-hydrogen) atoms. The Kier molecular flexibility index (Phi) is 5.78. The predicted octanol–water partition coefficient (Wildman–Crippen LogP) is 3.81. The van der Waals surface area contributed by atoms with E-state index in [1.54, 1.807) is 36.4 Å². The number of ether oxygens (including phenoxy) is 1. The third kappa shape index (κ3) is 3.96. The molecule has 138 valence electrons. The number of halogens is 2. The van der Waals surface area contributed by atoms with E-state index in [2.05, 4.69) is 31.6 Å². The maximum Gasteiger partial charge on any atom is 0.292 e. The van der Waals surface area contributed by atoms with Crippen molar-refractivity contribution in [2.75, 3.05) is 12.5 Å². The smallest absolute Gasteiger partial charge is 0.292 e. The van der Waals surface area contributed by atoms with Crippen LogP contribution in [0.25, 0.3) is 5.69 Å². The SMILES string of the molecule is COc1ccc(/C=N/Nc2cnn(-c3ccccc3)c(=O)c2Cl)c(Br)c1O. The van der Waals surface area contributed by atoms with E-state index < -0.39 is 5.56 Å². The quantitative estimate of drug-likeness (QED) is 0.457. The number of aromatic hydroxyl groups is 1. The Bertz CT molecular complexity index is 1050. The van der Waals surface area contributed by atoms with Gasteiger partial charge in [0.2, 0.25) is 0 Å². The molecular formula is C18H14BrClN4O3. The van der Waals surface area contributed by atoms with Crippen molar-refractivity contribution >= 4 is 39.4 Å². The molecule has 0 aliphatic carbocycles. The maximum atomic E-state index is 12.4. The number of para-hydroxylation sites is 1. The summed E-state index contributed by atoms with van der Waals surface area (Å²) in [6, 6.07) is 12.3. The Hall–Kier alpha value is -2.84. The van der Waals surface area contributed by atoms with Crippen LogP contribution in [-0.4, -0.2) is 28.2 Å². The highest BCUT2D eigenvalue weighted by Crippen LogP contribution is 2.35. The van der Waals surface area contributed by atoms with Crippen molar-refractivity contribution in [3.8, 4) is 17.2 Å². The number of methoxy groups -OCH3 is 1. The number of nitrogens with one attached hydrogen (secondary N) is 1. The van der Waals surface area contributed by atoms with Crippen molar-refractivity contribution < 1.29 is 9.84 Å². The summed E-state index contributed by atoms with van der Waals surface area (Å²) >= 11 is 9.43. The van der Waals surface area contributed by atoms with E-state index in [9.17, 15) is 9.90 Å². The summed E-state index contributed by atoms with van der Waals surface area (Å²) in [6.45, 7) is 0. The number of phenols is 1. The minimum atomic E-state index is -0.466. The number of hydrazone groups is 1. The summed E-state index contributed by atoms with van der Waals surface area (Å²) in [6.07, 6.45) is 2.87. The van der Waals surface area contributed by atoms with Gasteiger partial charge in [-0.05, 0) is 40.2 Å². The minimum absolute atomic E-state index is 0.0355. The number of anilines is 1. The molecule has 0 spiro atoms. The van der Waals surface area contributed by atoms with Crippen LogP contribution in [0.1, 0.15) is 5.56 Å². The van der Waals surface area contributed by atoms with Crippen LogP contribution in [0.5, 0.6) is 11.5 Å². The van der Waals surface area contributed by atoms with E-state index in [0.29, 0.717) is 21.5 Å². The average molecular weight is 450 g/mol. The highest BCUT2D eigenvalue weighted by molar-refractivity contribution is 9.10. The van der Waals surface area contributed by atoms with E-state index in [1.807, 2.05) is 6.07 Å². The lowest BCUT2D eigenvalue weighted by Gasteiger charge is -2.08. The third-order valence-electron chi connectivity index (χ3n) is 3.64. The van der Waals surface area contributed by atoms with Crippen molar-refractivity contribution in [2.24, 2.45) is 5.10 Å². The largest absolute Gasteiger partial charge is 0.503 e. The zero-order valence-electron chi connectivity index (χ0n) is 14.1. The fraction of sp³-hybridized carbons (Fsp3) is 0.0556. The molecule has 0 atom stereocenters. The second kappa shape index (κ2) is 8.24. The molecule has 0 saturated heterocycles. The highest BCUT2D eigenvalue weighted by atomic mass is 79.9. The fourth-order valence-electron chi connectivity index (χ4n) is 2.26. The van der Waals surface area contributed by atoms with Crippen molar-refractivity contribution in [2.45, 2.75) is 0 Å². The van der Waals surface area contributed by atoms with Gasteiger partial charge in [0.1, 0.15) is 10.7 Å². The lowest BCUT2D eigenvalue weighted by atomic mass is 10.2. The summed E-state index contributed by atoms with van der Waals surface area (Å²) in [5.74, 6) is 0.301. The number of hydrogen-bond acceptors (Lipinski definition) is 6. The van der Waals surface area contributed by atoms with Gasteiger partial charge in [0.15, 0.2) is 11.5 Å². The first-order valence-corrected chi connectivity index (χ1v) is 8.87. The van der Waals surface area contributed by atoms with Gasteiger partial charge in [0, 0.05) is 5.56 Å². The Balaban J connectivity index is 1.83. The van der Waals surface area contributed by atoms with Gasteiger partial charge in [-0.3, -0.25) is 10.2 Å². The monoisotopic (exact) mass is 448 g/mol. The molecular weight excluding hydrogens is 436 g/mol. The summed E-state index contributed by atoms with van der Waals surface area (Å²) in [5.41, 5.74) is 3.69. The molecule has 3 aromatic rings. The van der Waals surface area contributed by atoms with Crippen LogP contribution in [0, 0.1) is 0 Å². The molecule has 7 nitrogen and oxygen atoms in total. The van der Waals surface area contributed by atoms with Gasteiger partial charge >= 0.3 is 0 Å². The minimum Gasteiger partial charge on any atom is -0.503 e. The molecule has 0 unspecified atom stereocenters. The Morgan fingerprint density at radius 3 is 2.74 bits per heavy atom. The number of rotatable bonds is 5. The lowest BCUT2D eigenvalue weighted by Crippen LogP contribution is -2.22. The number of phenolic OH excluding ortho intramolecular Hbond substituents is 1. The Labute approximate surface area is 168 Å². The first kappa shape index (κ1) is 18.9. The molecule has 1 heterocycles. The molecule has 9 heteroatoms. The van der Waals surface area contributed by atoms with Crippen molar-refractivity contribution in [1.29, 1.82) is 0 Å². The Morgan fingerprint density at radius 2 is 2.04 bits per heavy atom. The zero-order chi connectivity index (χ0) is 19.4. The van der Waals surface area contributed by atoms with Gasteiger partial charge in [0.25, 0.3) is 5.56 Å². The van der Waals surface area contributed by atoms with Gasteiger partial charge < -0.3 is 9.84 Å². The molecule has 0 aliphatic rings. The van der Waals surface area contributed by atoms with Crippen LogP contribution in [-0.2, 0) is 0 Å². The van der Waals surface area contributed by atoms with E-state index in [4.69, 9.17) is 16.3 Å². The molecule has 2 aromatic carbocycles. The standard InChI is InChI=1S/C18H14BrClN4O3/c1-27-14-8-7-11(15(19)17(14)25)9-21-23-13-10-22-24(18(26)16(13)20)12-5-3-2-4-6-12/h2-10,23,25H,1H3/b21-9+. The van der Waals surface area contributed by atoms with Gasteiger partial charge in [0.05, 0.1) is 29.7 Å². The number of hydrogen-bond donors (Lipinski definition) is 2.